The van der Waals surface area contributed by atoms with E-state index < -0.39 is 23.1 Å². The van der Waals surface area contributed by atoms with E-state index in [9.17, 15) is 22.8 Å². The van der Waals surface area contributed by atoms with Crippen molar-refractivity contribution in [1.29, 1.82) is 0 Å². The summed E-state index contributed by atoms with van der Waals surface area (Å²) in [6.45, 7) is 0. The molecule has 0 unspecified atom stereocenters. The van der Waals surface area contributed by atoms with E-state index in [-0.39, 0.29) is 5.69 Å². The predicted octanol–water partition coefficient (Wildman–Crippen LogP) is 2.81. The molecule has 9 heteroatoms. The van der Waals surface area contributed by atoms with Crippen molar-refractivity contribution >= 4 is 34.2 Å². The lowest BCUT2D eigenvalue weighted by Crippen LogP contribution is -2.40. The molecule has 0 amide bonds. The second-order valence-corrected chi connectivity index (χ2v) is 5.71. The average Bonchev–Trinajstić information content (AvgIpc) is 2.37. The monoisotopic (exact) mass is 430 g/mol. The van der Waals surface area contributed by atoms with Crippen LogP contribution in [0.2, 0.25) is 5.02 Å². The number of halogens is 5. The van der Waals surface area contributed by atoms with Gasteiger partial charge in [-0.2, -0.15) is 13.2 Å². The van der Waals surface area contributed by atoms with Crippen LogP contribution in [0.5, 0.6) is 0 Å². The number of rotatable bonds is 1. The van der Waals surface area contributed by atoms with Gasteiger partial charge in [-0.05, 0) is 40.8 Å². The Morgan fingerprint density at radius 3 is 2.33 bits per heavy atom. The van der Waals surface area contributed by atoms with Crippen LogP contribution in [0.3, 0.4) is 0 Å². The Kier molecular flexibility index (Phi) is 4.20. The van der Waals surface area contributed by atoms with Crippen molar-refractivity contribution in [1.82, 2.24) is 9.13 Å². The summed E-state index contributed by atoms with van der Waals surface area (Å²) in [6.07, 6.45) is -4.78. The van der Waals surface area contributed by atoms with Crippen molar-refractivity contribution in [3.8, 4) is 5.69 Å². The van der Waals surface area contributed by atoms with E-state index in [0.29, 0.717) is 23.8 Å². The minimum Gasteiger partial charge on any atom is -0.292 e. The van der Waals surface area contributed by atoms with Crippen LogP contribution in [0.15, 0.2) is 33.9 Å². The van der Waals surface area contributed by atoms with Gasteiger partial charge < -0.3 is 0 Å². The molecule has 0 aliphatic carbocycles. The first-order valence-electron chi connectivity index (χ1n) is 5.48. The molecule has 21 heavy (non-hydrogen) atoms. The standard InChI is InChI=1S/C12H7ClF3IN2O2/c1-18-9(12(14,15)16)5-10(20)19(11(18)21)6-2-3-8(17)7(13)4-6/h2-5H,1H3. The summed E-state index contributed by atoms with van der Waals surface area (Å²) in [6, 6.07) is 4.72. The Labute approximate surface area is 134 Å². The molecule has 0 saturated carbocycles. The molecule has 0 fully saturated rings. The van der Waals surface area contributed by atoms with E-state index >= 15 is 0 Å². The van der Waals surface area contributed by atoms with Crippen LogP contribution in [0.4, 0.5) is 13.2 Å². The van der Waals surface area contributed by atoms with Crippen LogP contribution in [0.1, 0.15) is 5.69 Å². The highest BCUT2D eigenvalue weighted by Crippen LogP contribution is 2.27. The fourth-order valence-electron chi connectivity index (χ4n) is 1.76. The summed E-state index contributed by atoms with van der Waals surface area (Å²) in [5.74, 6) is 0. The molecule has 4 nitrogen and oxygen atoms in total. The van der Waals surface area contributed by atoms with Crippen LogP contribution in [-0.2, 0) is 13.2 Å². The Hall–Kier alpha value is -1.29. The van der Waals surface area contributed by atoms with Gasteiger partial charge in [-0.15, -0.1) is 0 Å². The molecule has 1 aromatic carbocycles. The van der Waals surface area contributed by atoms with Crippen LogP contribution in [-0.4, -0.2) is 9.13 Å². The van der Waals surface area contributed by atoms with Crippen LogP contribution in [0, 0.1) is 3.57 Å². The maximum atomic E-state index is 12.7. The summed E-state index contributed by atoms with van der Waals surface area (Å²) in [4.78, 5) is 23.9. The third-order valence-corrected chi connectivity index (χ3v) is 4.34. The number of benzene rings is 1. The second kappa shape index (κ2) is 5.48. The summed E-state index contributed by atoms with van der Waals surface area (Å²) < 4.78 is 39.9. The van der Waals surface area contributed by atoms with Gasteiger partial charge in [0.05, 0.1) is 10.7 Å². The minimum absolute atomic E-state index is 0.111. The zero-order valence-electron chi connectivity index (χ0n) is 10.4. The number of hydrogen-bond donors (Lipinski definition) is 0. The molecule has 112 valence electrons. The van der Waals surface area contributed by atoms with Crippen molar-refractivity contribution in [3.05, 3.63) is 59.4 Å². The molecule has 0 aliphatic rings. The summed E-state index contributed by atoms with van der Waals surface area (Å²) >= 11 is 7.85. The second-order valence-electron chi connectivity index (χ2n) is 4.14. The number of nitrogens with zero attached hydrogens (tertiary/aromatic N) is 2. The molecule has 0 saturated heterocycles. The van der Waals surface area contributed by atoms with Crippen molar-refractivity contribution in [2.75, 3.05) is 0 Å². The topological polar surface area (TPSA) is 44.0 Å². The third-order valence-electron chi connectivity index (χ3n) is 2.77. The van der Waals surface area contributed by atoms with E-state index in [1.54, 1.807) is 6.07 Å². The van der Waals surface area contributed by atoms with E-state index in [2.05, 4.69) is 0 Å². The molecular formula is C12H7ClF3IN2O2. The fourth-order valence-corrected chi connectivity index (χ4v) is 2.27. The predicted molar refractivity (Wildman–Crippen MR) is 80.0 cm³/mol. The quantitative estimate of drug-likeness (QED) is 0.653. The van der Waals surface area contributed by atoms with Crippen LogP contribution >= 0.6 is 34.2 Å². The molecule has 0 radical (unpaired) electrons. The molecule has 1 heterocycles. The van der Waals surface area contributed by atoms with E-state index in [1.807, 2.05) is 22.6 Å². The fraction of sp³-hybridized carbons (Fsp3) is 0.167. The van der Waals surface area contributed by atoms with E-state index in [4.69, 9.17) is 11.6 Å². The first kappa shape index (κ1) is 16.1. The SMILES string of the molecule is Cn1c(C(F)(F)F)cc(=O)n(-c2ccc(I)c(Cl)c2)c1=O. The maximum absolute atomic E-state index is 12.7. The Bertz CT molecular complexity index is 827. The van der Waals surface area contributed by atoms with E-state index in [0.717, 1.165) is 7.05 Å². The minimum atomic E-state index is -4.78. The molecule has 0 spiro atoms. The first-order chi connectivity index (χ1) is 9.62. The van der Waals surface area contributed by atoms with Crippen LogP contribution in [0.25, 0.3) is 5.69 Å². The van der Waals surface area contributed by atoms with Gasteiger partial charge in [0.1, 0.15) is 5.69 Å². The number of alkyl halides is 3. The molecule has 2 aromatic rings. The van der Waals surface area contributed by atoms with E-state index in [1.165, 1.54) is 12.1 Å². The lowest BCUT2D eigenvalue weighted by molar-refractivity contribution is -0.144. The highest BCUT2D eigenvalue weighted by atomic mass is 127. The Balaban J connectivity index is 2.78. The van der Waals surface area contributed by atoms with Crippen molar-refractivity contribution in [2.24, 2.45) is 7.05 Å². The smallest absolute Gasteiger partial charge is 0.292 e. The molecule has 0 atom stereocenters. The van der Waals surface area contributed by atoms with Crippen molar-refractivity contribution < 1.29 is 13.2 Å². The van der Waals surface area contributed by atoms with Gasteiger partial charge in [0.25, 0.3) is 5.56 Å². The number of hydrogen-bond acceptors (Lipinski definition) is 2. The molecule has 1 aromatic heterocycles. The average molecular weight is 431 g/mol. The van der Waals surface area contributed by atoms with Crippen molar-refractivity contribution in [2.45, 2.75) is 6.18 Å². The van der Waals surface area contributed by atoms with Crippen LogP contribution < -0.4 is 11.2 Å². The highest BCUT2D eigenvalue weighted by Gasteiger charge is 2.35. The maximum Gasteiger partial charge on any atom is 0.431 e. The first-order valence-corrected chi connectivity index (χ1v) is 6.94. The summed E-state index contributed by atoms with van der Waals surface area (Å²) in [5.41, 5.74) is -3.35. The van der Waals surface area contributed by atoms with Crippen molar-refractivity contribution in [3.63, 3.8) is 0 Å². The molecule has 0 bridgehead atoms. The van der Waals surface area contributed by atoms with Gasteiger partial charge in [0.2, 0.25) is 0 Å². The molecule has 2 rings (SSSR count). The number of aromatic nitrogens is 2. The Morgan fingerprint density at radius 1 is 1.19 bits per heavy atom. The lowest BCUT2D eigenvalue weighted by Gasteiger charge is -2.14. The highest BCUT2D eigenvalue weighted by molar-refractivity contribution is 14.1. The normalized spacial score (nSPS) is 11.7. The van der Waals surface area contributed by atoms with Gasteiger partial charge in [-0.25, -0.2) is 9.36 Å². The molecular weight excluding hydrogens is 423 g/mol. The third kappa shape index (κ3) is 3.00. The van der Waals surface area contributed by atoms with Gasteiger partial charge in [0.15, 0.2) is 0 Å². The van der Waals surface area contributed by atoms with Gasteiger partial charge in [0, 0.05) is 16.7 Å². The zero-order chi connectivity index (χ0) is 15.9. The summed E-state index contributed by atoms with van der Waals surface area (Å²) in [7, 11) is 0.954. The zero-order valence-corrected chi connectivity index (χ0v) is 13.3. The van der Waals surface area contributed by atoms with Gasteiger partial charge in [-0.1, -0.05) is 11.6 Å². The Morgan fingerprint density at radius 2 is 1.81 bits per heavy atom. The van der Waals surface area contributed by atoms with Gasteiger partial charge >= 0.3 is 11.9 Å². The molecule has 0 N–H and O–H groups in total. The summed E-state index contributed by atoms with van der Waals surface area (Å²) in [5, 5.41) is 0.293. The lowest BCUT2D eigenvalue weighted by atomic mass is 10.3. The van der Waals surface area contributed by atoms with Gasteiger partial charge in [-0.3, -0.25) is 9.36 Å². The molecule has 0 aliphatic heterocycles. The largest absolute Gasteiger partial charge is 0.431 e.